The summed E-state index contributed by atoms with van der Waals surface area (Å²) < 4.78 is 10.9. The van der Waals surface area contributed by atoms with Gasteiger partial charge in [0.2, 0.25) is 12.9 Å². The first-order chi connectivity index (χ1) is 8.77. The molecule has 0 bridgehead atoms. The van der Waals surface area contributed by atoms with Crippen LogP contribution >= 0.6 is 11.6 Å². The quantitative estimate of drug-likeness (QED) is 0.609. The van der Waals surface area contributed by atoms with Gasteiger partial charge in [0.25, 0.3) is 0 Å². The molecule has 1 aliphatic carbocycles. The summed E-state index contributed by atoms with van der Waals surface area (Å²) in [6.07, 6.45) is 5.46. The SMILES string of the molecule is O=C=NC1(c2ccc(Cl)c3c2OCO3)CCCC1. The van der Waals surface area contributed by atoms with Crippen LogP contribution in [-0.4, -0.2) is 12.9 Å². The molecule has 18 heavy (non-hydrogen) atoms. The van der Waals surface area contributed by atoms with Gasteiger partial charge < -0.3 is 9.47 Å². The molecule has 0 spiro atoms. The summed E-state index contributed by atoms with van der Waals surface area (Å²) in [6.45, 7) is 0.160. The van der Waals surface area contributed by atoms with E-state index in [0.717, 1.165) is 31.2 Å². The third-order valence-electron chi connectivity index (χ3n) is 3.66. The minimum Gasteiger partial charge on any atom is -0.453 e. The summed E-state index contributed by atoms with van der Waals surface area (Å²) in [5.41, 5.74) is 0.379. The largest absolute Gasteiger partial charge is 0.453 e. The summed E-state index contributed by atoms with van der Waals surface area (Å²) in [4.78, 5) is 14.8. The number of rotatable bonds is 2. The second kappa shape index (κ2) is 4.30. The minimum atomic E-state index is -0.510. The molecule has 0 atom stereocenters. The maximum Gasteiger partial charge on any atom is 0.235 e. The van der Waals surface area contributed by atoms with Gasteiger partial charge in [0, 0.05) is 5.56 Å². The monoisotopic (exact) mass is 265 g/mol. The molecule has 1 fully saturated rings. The number of benzene rings is 1. The Bertz CT molecular complexity index is 531. The molecule has 0 saturated heterocycles. The van der Waals surface area contributed by atoms with E-state index in [0.29, 0.717) is 16.5 Å². The van der Waals surface area contributed by atoms with Gasteiger partial charge in [0.1, 0.15) is 5.54 Å². The van der Waals surface area contributed by atoms with E-state index < -0.39 is 5.54 Å². The smallest absolute Gasteiger partial charge is 0.235 e. The van der Waals surface area contributed by atoms with Crippen LogP contribution in [0.4, 0.5) is 0 Å². The Balaban J connectivity index is 2.17. The van der Waals surface area contributed by atoms with Gasteiger partial charge >= 0.3 is 0 Å². The molecule has 2 aliphatic rings. The highest BCUT2D eigenvalue weighted by Crippen LogP contribution is 2.51. The molecule has 0 amide bonds. The predicted molar refractivity (Wildman–Crippen MR) is 65.8 cm³/mol. The van der Waals surface area contributed by atoms with Crippen molar-refractivity contribution in [2.75, 3.05) is 6.79 Å². The maximum absolute atomic E-state index is 10.7. The van der Waals surface area contributed by atoms with Crippen molar-refractivity contribution >= 4 is 17.7 Å². The molecular formula is C13H12ClNO3. The van der Waals surface area contributed by atoms with E-state index in [1.807, 2.05) is 6.07 Å². The summed E-state index contributed by atoms with van der Waals surface area (Å²) in [6, 6.07) is 3.65. The lowest BCUT2D eigenvalue weighted by Crippen LogP contribution is -2.19. The zero-order valence-corrected chi connectivity index (χ0v) is 10.5. The highest BCUT2D eigenvalue weighted by molar-refractivity contribution is 6.32. The van der Waals surface area contributed by atoms with Gasteiger partial charge in [0.05, 0.1) is 5.02 Å². The topological polar surface area (TPSA) is 47.9 Å². The first-order valence-corrected chi connectivity index (χ1v) is 6.32. The fraction of sp³-hybridized carbons (Fsp3) is 0.462. The van der Waals surface area contributed by atoms with Crippen LogP contribution in [0.3, 0.4) is 0 Å². The van der Waals surface area contributed by atoms with Gasteiger partial charge in [-0.3, -0.25) is 0 Å². The number of ether oxygens (including phenoxy) is 2. The summed E-state index contributed by atoms with van der Waals surface area (Å²) in [5.74, 6) is 1.19. The highest BCUT2D eigenvalue weighted by atomic mass is 35.5. The molecule has 0 aromatic heterocycles. The molecular weight excluding hydrogens is 254 g/mol. The number of halogens is 1. The van der Waals surface area contributed by atoms with Crippen LogP contribution in [0.15, 0.2) is 17.1 Å². The Kier molecular flexibility index (Phi) is 2.77. The van der Waals surface area contributed by atoms with Crippen molar-refractivity contribution < 1.29 is 14.3 Å². The van der Waals surface area contributed by atoms with Crippen molar-refractivity contribution in [1.29, 1.82) is 0 Å². The van der Waals surface area contributed by atoms with Crippen LogP contribution in [0.1, 0.15) is 31.2 Å². The number of hydrogen-bond donors (Lipinski definition) is 0. The van der Waals surface area contributed by atoms with E-state index in [4.69, 9.17) is 21.1 Å². The average molecular weight is 266 g/mol. The predicted octanol–water partition coefficient (Wildman–Crippen LogP) is 3.17. The normalized spacial score (nSPS) is 19.6. The molecule has 1 aromatic carbocycles. The van der Waals surface area contributed by atoms with Crippen LogP contribution in [-0.2, 0) is 10.3 Å². The van der Waals surface area contributed by atoms with E-state index in [9.17, 15) is 4.79 Å². The molecule has 5 heteroatoms. The van der Waals surface area contributed by atoms with E-state index in [-0.39, 0.29) is 6.79 Å². The molecule has 94 valence electrons. The minimum absolute atomic E-state index is 0.160. The molecule has 0 N–H and O–H groups in total. The zero-order valence-electron chi connectivity index (χ0n) is 9.74. The highest BCUT2D eigenvalue weighted by Gasteiger charge is 2.40. The molecule has 0 unspecified atom stereocenters. The van der Waals surface area contributed by atoms with Crippen molar-refractivity contribution in [3.05, 3.63) is 22.7 Å². The van der Waals surface area contributed by atoms with E-state index in [1.54, 1.807) is 12.1 Å². The van der Waals surface area contributed by atoms with E-state index in [2.05, 4.69) is 4.99 Å². The first kappa shape index (κ1) is 11.6. The maximum atomic E-state index is 10.7. The Morgan fingerprint density at radius 3 is 2.67 bits per heavy atom. The lowest BCUT2D eigenvalue weighted by molar-refractivity contribution is 0.172. The number of aliphatic imine (C=N–C) groups is 1. The second-order valence-corrected chi connectivity index (χ2v) is 5.01. The van der Waals surface area contributed by atoms with Gasteiger partial charge in [0.15, 0.2) is 11.5 Å². The average Bonchev–Trinajstić information content (AvgIpc) is 2.99. The van der Waals surface area contributed by atoms with Gasteiger partial charge in [-0.15, -0.1) is 0 Å². The lowest BCUT2D eigenvalue weighted by Gasteiger charge is -2.24. The van der Waals surface area contributed by atoms with Crippen molar-refractivity contribution in [1.82, 2.24) is 0 Å². The van der Waals surface area contributed by atoms with Crippen LogP contribution in [0.2, 0.25) is 5.02 Å². The number of nitrogens with zero attached hydrogens (tertiary/aromatic N) is 1. The van der Waals surface area contributed by atoms with Crippen molar-refractivity contribution in [3.8, 4) is 11.5 Å². The Morgan fingerprint density at radius 2 is 1.94 bits per heavy atom. The lowest BCUT2D eigenvalue weighted by atomic mass is 9.88. The number of fused-ring (bicyclic) bond motifs is 1. The molecule has 0 radical (unpaired) electrons. The third kappa shape index (κ3) is 1.61. The Labute approximate surface area is 110 Å². The number of hydrogen-bond acceptors (Lipinski definition) is 4. The Hall–Kier alpha value is -1.51. The Morgan fingerprint density at radius 1 is 1.22 bits per heavy atom. The van der Waals surface area contributed by atoms with Gasteiger partial charge in [-0.25, -0.2) is 4.79 Å². The fourth-order valence-corrected chi connectivity index (χ4v) is 3.02. The molecule has 1 aromatic rings. The van der Waals surface area contributed by atoms with Gasteiger partial charge in [-0.05, 0) is 18.9 Å². The van der Waals surface area contributed by atoms with Crippen molar-refractivity contribution in [2.24, 2.45) is 4.99 Å². The van der Waals surface area contributed by atoms with Crippen LogP contribution in [0, 0.1) is 0 Å². The molecule has 1 heterocycles. The van der Waals surface area contributed by atoms with Gasteiger partial charge in [-0.2, -0.15) is 4.99 Å². The molecule has 1 aliphatic heterocycles. The molecule has 3 rings (SSSR count). The summed E-state index contributed by atoms with van der Waals surface area (Å²) in [5, 5.41) is 0.523. The van der Waals surface area contributed by atoms with E-state index in [1.165, 1.54) is 0 Å². The van der Waals surface area contributed by atoms with Crippen molar-refractivity contribution in [3.63, 3.8) is 0 Å². The molecule has 4 nitrogen and oxygen atoms in total. The number of isocyanates is 1. The van der Waals surface area contributed by atoms with Crippen molar-refractivity contribution in [2.45, 2.75) is 31.2 Å². The standard InChI is InChI=1S/C13H12ClNO3/c14-10-4-3-9(11-12(10)18-8-17-11)13(15-7-16)5-1-2-6-13/h3-4H,1-2,5-6,8H2. The van der Waals surface area contributed by atoms with Crippen LogP contribution < -0.4 is 9.47 Å². The third-order valence-corrected chi connectivity index (χ3v) is 3.96. The summed E-state index contributed by atoms with van der Waals surface area (Å²) >= 11 is 6.06. The fourth-order valence-electron chi connectivity index (χ4n) is 2.82. The molecule has 1 saturated carbocycles. The summed E-state index contributed by atoms with van der Waals surface area (Å²) in [7, 11) is 0. The van der Waals surface area contributed by atoms with E-state index >= 15 is 0 Å². The number of carbonyl (C=O) groups excluding carboxylic acids is 1. The zero-order chi connectivity index (χ0) is 12.6. The second-order valence-electron chi connectivity index (χ2n) is 4.60. The van der Waals surface area contributed by atoms with Crippen LogP contribution in [0.5, 0.6) is 11.5 Å². The van der Waals surface area contributed by atoms with Gasteiger partial charge in [-0.1, -0.05) is 30.5 Å². The first-order valence-electron chi connectivity index (χ1n) is 5.94. The van der Waals surface area contributed by atoms with Crippen LogP contribution in [0.25, 0.3) is 0 Å².